The molecule has 0 unspecified atom stereocenters. The highest BCUT2D eigenvalue weighted by Crippen LogP contribution is 2.47. The van der Waals surface area contributed by atoms with Gasteiger partial charge in [0.05, 0.1) is 12.5 Å². The summed E-state index contributed by atoms with van der Waals surface area (Å²) in [5, 5.41) is 11.4. The van der Waals surface area contributed by atoms with Gasteiger partial charge < -0.3 is 14.6 Å². The van der Waals surface area contributed by atoms with Crippen molar-refractivity contribution in [2.24, 2.45) is 0 Å². The number of rotatable bonds is 2. The number of phenols is 1. The van der Waals surface area contributed by atoms with Gasteiger partial charge in [-0.15, -0.1) is 11.8 Å². The zero-order valence-corrected chi connectivity index (χ0v) is 20.9. The molecule has 1 N–H and O–H groups in total. The average molecular weight is 495 g/mol. The number of allylic oxidation sites excluding steroid dienone is 1. The number of fused-ring (bicyclic) bond motifs is 2. The van der Waals surface area contributed by atoms with E-state index in [9.17, 15) is 19.5 Å². The van der Waals surface area contributed by atoms with Crippen molar-refractivity contribution in [3.63, 3.8) is 0 Å². The summed E-state index contributed by atoms with van der Waals surface area (Å²) < 4.78 is 11.2. The number of thioether (sulfide) groups is 1. The number of cyclic esters (lactones) is 1. The Kier molecular flexibility index (Phi) is 7.96. The Morgan fingerprint density at radius 2 is 1.80 bits per heavy atom. The third kappa shape index (κ3) is 5.78. The number of phenolic OH excluding ortho intramolecular Hbond substituents is 1. The molecule has 2 aromatic rings. The first-order chi connectivity index (χ1) is 16.9. The van der Waals surface area contributed by atoms with Gasteiger partial charge in [-0.05, 0) is 68.2 Å². The first-order valence-corrected chi connectivity index (χ1v) is 13.2. The minimum absolute atomic E-state index is 0.0628. The Hall–Kier alpha value is -3.06. The lowest BCUT2D eigenvalue weighted by atomic mass is 9.83. The van der Waals surface area contributed by atoms with E-state index in [0.717, 1.165) is 10.5 Å². The second kappa shape index (κ2) is 11.1. The predicted molar refractivity (Wildman–Crippen MR) is 135 cm³/mol. The molecule has 0 saturated carbocycles. The van der Waals surface area contributed by atoms with Crippen LogP contribution in [0.25, 0.3) is 6.08 Å². The molecule has 2 heterocycles. The molecular weight excluding hydrogens is 464 g/mol. The largest absolute Gasteiger partial charge is 0.507 e. The minimum atomic E-state index is -0.630. The number of hydrogen-bond donors (Lipinski definition) is 1. The summed E-state index contributed by atoms with van der Waals surface area (Å²) in [6, 6.07) is 9.45. The Labute approximate surface area is 209 Å². The highest BCUT2D eigenvalue weighted by Gasteiger charge is 2.35. The van der Waals surface area contributed by atoms with Gasteiger partial charge >= 0.3 is 11.9 Å². The van der Waals surface area contributed by atoms with E-state index in [1.165, 1.54) is 0 Å². The number of benzene rings is 2. The van der Waals surface area contributed by atoms with Crippen molar-refractivity contribution in [1.82, 2.24) is 0 Å². The summed E-state index contributed by atoms with van der Waals surface area (Å²) in [6.07, 6.45) is 8.80. The SMILES string of the molecule is CSc1ccc([C@@H]2CC(=O)Oc3cc4c(c(O)c32)C(=O)O[C@H](C)CCCC(=O)CCCC=C4)cc1. The smallest absolute Gasteiger partial charge is 0.342 e. The fourth-order valence-corrected chi connectivity index (χ4v) is 5.05. The van der Waals surface area contributed by atoms with Crippen LogP contribution in [0.3, 0.4) is 0 Å². The molecule has 0 spiro atoms. The van der Waals surface area contributed by atoms with Gasteiger partial charge in [-0.25, -0.2) is 4.79 Å². The van der Waals surface area contributed by atoms with Gasteiger partial charge in [-0.3, -0.25) is 9.59 Å². The van der Waals surface area contributed by atoms with Crippen molar-refractivity contribution in [3.8, 4) is 11.5 Å². The number of carbonyl (C=O) groups excluding carboxylic acids is 3. The molecule has 0 bridgehead atoms. The first-order valence-electron chi connectivity index (χ1n) is 12.0. The van der Waals surface area contributed by atoms with Gasteiger partial charge in [0.1, 0.15) is 22.8 Å². The molecule has 0 amide bonds. The first kappa shape index (κ1) is 25.0. The maximum Gasteiger partial charge on any atom is 0.342 e. The number of hydrogen-bond acceptors (Lipinski definition) is 7. The van der Waals surface area contributed by atoms with Crippen LogP contribution in [0.15, 0.2) is 41.3 Å². The average Bonchev–Trinajstić information content (AvgIpc) is 2.82. The molecule has 6 nitrogen and oxygen atoms in total. The van der Waals surface area contributed by atoms with Crippen LogP contribution in [0.1, 0.15) is 84.8 Å². The lowest BCUT2D eigenvalue weighted by molar-refractivity contribution is -0.135. The molecule has 0 fully saturated rings. The number of aromatic hydroxyl groups is 1. The summed E-state index contributed by atoms with van der Waals surface area (Å²) in [4.78, 5) is 38.8. The molecule has 0 aliphatic carbocycles. The molecule has 0 radical (unpaired) electrons. The van der Waals surface area contributed by atoms with Gasteiger partial charge in [-0.1, -0.05) is 24.3 Å². The van der Waals surface area contributed by atoms with Gasteiger partial charge in [0.15, 0.2) is 0 Å². The van der Waals surface area contributed by atoms with E-state index < -0.39 is 24.0 Å². The molecule has 7 heteroatoms. The molecule has 4 rings (SSSR count). The van der Waals surface area contributed by atoms with E-state index in [4.69, 9.17) is 9.47 Å². The van der Waals surface area contributed by atoms with E-state index in [0.29, 0.717) is 49.7 Å². The standard InChI is InChI=1S/C28H30O6S/c1-17-7-6-10-20(29)9-5-3-4-8-19-15-23-26(27(31)25(19)28(32)33-17)22(16-24(30)34-23)18-11-13-21(35-2)14-12-18/h4,8,11-15,17,22,31H,3,5-7,9-10,16H2,1-2H3/t17-,22+/m1/s1. The van der Waals surface area contributed by atoms with Crippen molar-refractivity contribution in [2.75, 3.05) is 6.26 Å². The van der Waals surface area contributed by atoms with E-state index in [1.54, 1.807) is 30.8 Å². The van der Waals surface area contributed by atoms with Crippen LogP contribution >= 0.6 is 11.8 Å². The number of carbonyl (C=O) groups is 3. The Bertz CT molecular complexity index is 1150. The van der Waals surface area contributed by atoms with Gasteiger partial charge in [0, 0.05) is 29.2 Å². The summed E-state index contributed by atoms with van der Waals surface area (Å²) in [6.45, 7) is 1.79. The molecule has 0 aromatic heterocycles. The Morgan fingerprint density at radius 1 is 1.06 bits per heavy atom. The molecule has 2 aliphatic rings. The van der Waals surface area contributed by atoms with E-state index in [1.807, 2.05) is 36.6 Å². The summed E-state index contributed by atoms with van der Waals surface area (Å²) in [5.41, 5.74) is 1.78. The molecule has 2 aromatic carbocycles. The monoisotopic (exact) mass is 494 g/mol. The van der Waals surface area contributed by atoms with Crippen LogP contribution in [0.2, 0.25) is 0 Å². The highest BCUT2D eigenvalue weighted by molar-refractivity contribution is 7.98. The fourth-order valence-electron chi connectivity index (χ4n) is 4.64. The quantitative estimate of drug-likeness (QED) is 0.309. The third-order valence-electron chi connectivity index (χ3n) is 6.50. The Balaban J connectivity index is 1.79. The highest BCUT2D eigenvalue weighted by atomic mass is 32.2. The van der Waals surface area contributed by atoms with Gasteiger partial charge in [-0.2, -0.15) is 0 Å². The van der Waals surface area contributed by atoms with Crippen LogP contribution in [0, 0.1) is 0 Å². The maximum absolute atomic E-state index is 13.3. The predicted octanol–water partition coefficient (Wildman–Crippen LogP) is 6.04. The second-order valence-electron chi connectivity index (χ2n) is 9.05. The summed E-state index contributed by atoms with van der Waals surface area (Å²) in [5.74, 6) is -1.22. The van der Waals surface area contributed by atoms with Gasteiger partial charge in [0.25, 0.3) is 0 Å². The number of esters is 2. The second-order valence-corrected chi connectivity index (χ2v) is 9.93. The zero-order chi connectivity index (χ0) is 24.9. The molecular formula is C28H30O6S. The molecule has 2 atom stereocenters. The van der Waals surface area contributed by atoms with Crippen LogP contribution in [0.4, 0.5) is 0 Å². The molecule has 0 saturated heterocycles. The Morgan fingerprint density at radius 3 is 2.54 bits per heavy atom. The van der Waals surface area contributed by atoms with E-state index in [2.05, 4.69) is 0 Å². The van der Waals surface area contributed by atoms with Crippen molar-refractivity contribution >= 4 is 35.6 Å². The number of ether oxygens (including phenoxy) is 2. The fraction of sp³-hybridized carbons (Fsp3) is 0.393. The topological polar surface area (TPSA) is 89.9 Å². The summed E-state index contributed by atoms with van der Waals surface area (Å²) >= 11 is 1.62. The van der Waals surface area contributed by atoms with Crippen LogP contribution in [-0.4, -0.2) is 35.2 Å². The van der Waals surface area contributed by atoms with Crippen LogP contribution in [0.5, 0.6) is 11.5 Å². The van der Waals surface area contributed by atoms with Crippen molar-refractivity contribution in [2.45, 2.75) is 68.8 Å². The van der Waals surface area contributed by atoms with E-state index >= 15 is 0 Å². The molecule has 35 heavy (non-hydrogen) atoms. The maximum atomic E-state index is 13.3. The van der Waals surface area contributed by atoms with E-state index in [-0.39, 0.29) is 29.3 Å². The third-order valence-corrected chi connectivity index (χ3v) is 7.24. The van der Waals surface area contributed by atoms with Gasteiger partial charge in [0.2, 0.25) is 0 Å². The molecule has 2 aliphatic heterocycles. The molecule has 184 valence electrons. The van der Waals surface area contributed by atoms with Crippen LogP contribution in [-0.2, 0) is 14.3 Å². The minimum Gasteiger partial charge on any atom is -0.507 e. The van der Waals surface area contributed by atoms with Crippen LogP contribution < -0.4 is 4.74 Å². The number of ketones is 1. The zero-order valence-electron chi connectivity index (χ0n) is 20.0. The van der Waals surface area contributed by atoms with Crippen molar-refractivity contribution < 1.29 is 29.0 Å². The van der Waals surface area contributed by atoms with Crippen molar-refractivity contribution in [3.05, 3.63) is 58.7 Å². The lowest BCUT2D eigenvalue weighted by Crippen LogP contribution is -2.23. The number of Topliss-reactive ketones (excluding diaryl/α,β-unsaturated/α-hetero) is 1. The normalized spacial score (nSPS) is 21.4. The van der Waals surface area contributed by atoms with Crippen molar-refractivity contribution in [1.29, 1.82) is 0 Å². The summed E-state index contributed by atoms with van der Waals surface area (Å²) in [7, 11) is 0. The lowest BCUT2D eigenvalue weighted by Gasteiger charge is -2.27.